The topological polar surface area (TPSA) is 42.7 Å². The summed E-state index contributed by atoms with van der Waals surface area (Å²) in [5, 5.41) is 12.0. The van der Waals surface area contributed by atoms with E-state index in [1.54, 1.807) is 0 Å². The van der Waals surface area contributed by atoms with Crippen molar-refractivity contribution < 1.29 is 0 Å². The third kappa shape index (κ3) is 1.78. The van der Waals surface area contributed by atoms with Gasteiger partial charge in [-0.05, 0) is 38.3 Å². The van der Waals surface area contributed by atoms with Crippen LogP contribution < -0.4 is 5.32 Å². The quantitative estimate of drug-likeness (QED) is 0.777. The fourth-order valence-corrected chi connectivity index (χ4v) is 2.67. The highest BCUT2D eigenvalue weighted by Crippen LogP contribution is 2.18. The maximum absolute atomic E-state index is 4.35. The van der Waals surface area contributed by atoms with Gasteiger partial charge in [-0.3, -0.25) is 0 Å². The number of nitrogens with one attached hydrogen (secondary N) is 1. The Morgan fingerprint density at radius 3 is 3.20 bits per heavy atom. The fraction of sp³-hybridized carbons (Fsp3) is 0.818. The number of aromatic nitrogens is 3. The second-order valence-electron chi connectivity index (χ2n) is 4.70. The minimum Gasteiger partial charge on any atom is -0.316 e. The molecular formula is C11H18N4. The molecule has 4 heteroatoms. The lowest BCUT2D eigenvalue weighted by molar-refractivity contribution is 0.481. The molecular weight excluding hydrogens is 188 g/mol. The van der Waals surface area contributed by atoms with Gasteiger partial charge >= 0.3 is 0 Å². The van der Waals surface area contributed by atoms with Crippen molar-refractivity contribution in [1.29, 1.82) is 0 Å². The Kier molecular flexibility index (Phi) is 2.44. The molecule has 0 aromatic carbocycles. The van der Waals surface area contributed by atoms with Crippen LogP contribution in [-0.2, 0) is 19.4 Å². The molecule has 1 fully saturated rings. The van der Waals surface area contributed by atoms with Gasteiger partial charge in [0.25, 0.3) is 0 Å². The van der Waals surface area contributed by atoms with E-state index in [1.165, 1.54) is 37.5 Å². The zero-order valence-corrected chi connectivity index (χ0v) is 9.08. The summed E-state index contributed by atoms with van der Waals surface area (Å²) in [6.07, 6.45) is 6.10. The van der Waals surface area contributed by atoms with Crippen molar-refractivity contribution in [3.8, 4) is 0 Å². The molecule has 0 spiro atoms. The van der Waals surface area contributed by atoms with E-state index in [1.807, 2.05) is 0 Å². The van der Waals surface area contributed by atoms with Crippen LogP contribution in [0.15, 0.2) is 0 Å². The first kappa shape index (κ1) is 9.33. The van der Waals surface area contributed by atoms with E-state index >= 15 is 0 Å². The van der Waals surface area contributed by atoms with Crippen molar-refractivity contribution in [1.82, 2.24) is 20.1 Å². The molecule has 0 amide bonds. The van der Waals surface area contributed by atoms with Crippen LogP contribution in [-0.4, -0.2) is 27.9 Å². The van der Waals surface area contributed by atoms with Gasteiger partial charge in [-0.25, -0.2) is 0 Å². The molecule has 82 valence electrons. The normalized spacial score (nSPS) is 25.5. The highest BCUT2D eigenvalue weighted by atomic mass is 15.3. The molecule has 1 aromatic rings. The highest BCUT2D eigenvalue weighted by molar-refractivity contribution is 5.00. The molecule has 3 heterocycles. The molecule has 0 aliphatic carbocycles. The van der Waals surface area contributed by atoms with Crippen LogP contribution in [0.4, 0.5) is 0 Å². The van der Waals surface area contributed by atoms with E-state index in [2.05, 4.69) is 20.1 Å². The van der Waals surface area contributed by atoms with Gasteiger partial charge in [0.05, 0.1) is 0 Å². The van der Waals surface area contributed by atoms with Gasteiger partial charge in [0.15, 0.2) is 0 Å². The fourth-order valence-electron chi connectivity index (χ4n) is 2.67. The van der Waals surface area contributed by atoms with Crippen LogP contribution in [0.25, 0.3) is 0 Å². The molecule has 3 rings (SSSR count). The first-order chi connectivity index (χ1) is 7.43. The van der Waals surface area contributed by atoms with Crippen molar-refractivity contribution >= 4 is 0 Å². The van der Waals surface area contributed by atoms with Crippen LogP contribution in [0.2, 0.25) is 0 Å². The molecule has 1 aromatic heterocycles. The maximum Gasteiger partial charge on any atom is 0.133 e. The third-order valence-corrected chi connectivity index (χ3v) is 3.57. The van der Waals surface area contributed by atoms with E-state index in [0.29, 0.717) is 0 Å². The maximum atomic E-state index is 4.35. The van der Waals surface area contributed by atoms with E-state index in [-0.39, 0.29) is 0 Å². The van der Waals surface area contributed by atoms with Gasteiger partial charge in [-0.2, -0.15) is 0 Å². The van der Waals surface area contributed by atoms with Gasteiger partial charge < -0.3 is 9.88 Å². The van der Waals surface area contributed by atoms with Gasteiger partial charge in [-0.15, -0.1) is 10.2 Å². The molecule has 2 aliphatic rings. The average Bonchev–Trinajstić information content (AvgIpc) is 2.89. The number of rotatable bonds is 2. The summed E-state index contributed by atoms with van der Waals surface area (Å²) >= 11 is 0. The van der Waals surface area contributed by atoms with Crippen LogP contribution in [0.3, 0.4) is 0 Å². The van der Waals surface area contributed by atoms with Gasteiger partial charge in [0.1, 0.15) is 11.6 Å². The minimum absolute atomic E-state index is 0.778. The average molecular weight is 206 g/mol. The minimum atomic E-state index is 0.778. The summed E-state index contributed by atoms with van der Waals surface area (Å²) in [5.74, 6) is 3.21. The predicted molar refractivity (Wildman–Crippen MR) is 57.6 cm³/mol. The molecule has 15 heavy (non-hydrogen) atoms. The zero-order valence-electron chi connectivity index (χ0n) is 9.08. The summed E-state index contributed by atoms with van der Waals surface area (Å²) in [5.41, 5.74) is 0. The SMILES string of the molecule is C1CCn2c(nnc2CC2CCNC2)C1. The Morgan fingerprint density at radius 2 is 2.33 bits per heavy atom. The summed E-state index contributed by atoms with van der Waals surface area (Å²) in [4.78, 5) is 0. The zero-order chi connectivity index (χ0) is 10.1. The molecule has 4 nitrogen and oxygen atoms in total. The van der Waals surface area contributed by atoms with Crippen molar-refractivity contribution in [3.63, 3.8) is 0 Å². The second kappa shape index (κ2) is 3.93. The Labute approximate surface area is 90.1 Å². The lowest BCUT2D eigenvalue weighted by atomic mass is 10.0. The van der Waals surface area contributed by atoms with E-state index < -0.39 is 0 Å². The molecule has 0 radical (unpaired) electrons. The van der Waals surface area contributed by atoms with Crippen LogP contribution in [0.1, 0.15) is 30.9 Å². The summed E-state index contributed by atoms with van der Waals surface area (Å²) < 4.78 is 2.35. The monoisotopic (exact) mass is 206 g/mol. The van der Waals surface area contributed by atoms with Gasteiger partial charge in [-0.1, -0.05) is 0 Å². The van der Waals surface area contributed by atoms with E-state index in [0.717, 1.165) is 31.8 Å². The first-order valence-electron chi connectivity index (χ1n) is 6.05. The molecule has 2 aliphatic heterocycles. The van der Waals surface area contributed by atoms with Crippen molar-refractivity contribution in [3.05, 3.63) is 11.6 Å². The van der Waals surface area contributed by atoms with Crippen molar-refractivity contribution in [2.24, 2.45) is 5.92 Å². The number of hydrogen-bond donors (Lipinski definition) is 1. The standard InChI is InChI=1S/C11H18N4/c1-2-6-15-10(3-1)13-14-11(15)7-9-4-5-12-8-9/h9,12H,1-8H2. The Bertz CT molecular complexity index is 338. The van der Waals surface area contributed by atoms with Crippen molar-refractivity contribution in [2.75, 3.05) is 13.1 Å². The third-order valence-electron chi connectivity index (χ3n) is 3.57. The van der Waals surface area contributed by atoms with E-state index in [4.69, 9.17) is 0 Å². The molecule has 1 saturated heterocycles. The van der Waals surface area contributed by atoms with Gasteiger partial charge in [0.2, 0.25) is 0 Å². The second-order valence-corrected chi connectivity index (χ2v) is 4.70. The lowest BCUT2D eigenvalue weighted by Crippen LogP contribution is -2.17. The van der Waals surface area contributed by atoms with Crippen molar-refractivity contribution in [2.45, 2.75) is 38.6 Å². The lowest BCUT2D eigenvalue weighted by Gasteiger charge is -2.15. The van der Waals surface area contributed by atoms with Crippen LogP contribution in [0.5, 0.6) is 0 Å². The van der Waals surface area contributed by atoms with E-state index in [9.17, 15) is 0 Å². The highest BCUT2D eigenvalue weighted by Gasteiger charge is 2.21. The van der Waals surface area contributed by atoms with Crippen LogP contribution >= 0.6 is 0 Å². The molecule has 1 N–H and O–H groups in total. The number of nitrogens with zero attached hydrogens (tertiary/aromatic N) is 3. The Balaban J connectivity index is 1.76. The summed E-state index contributed by atoms with van der Waals surface area (Å²) in [6.45, 7) is 3.46. The molecule has 1 atom stereocenters. The Morgan fingerprint density at radius 1 is 1.33 bits per heavy atom. The summed E-state index contributed by atoms with van der Waals surface area (Å²) in [7, 11) is 0. The van der Waals surface area contributed by atoms with Gasteiger partial charge in [0, 0.05) is 19.4 Å². The number of hydrogen-bond acceptors (Lipinski definition) is 3. The first-order valence-corrected chi connectivity index (χ1v) is 6.05. The summed E-state index contributed by atoms with van der Waals surface area (Å²) in [6, 6.07) is 0. The molecule has 1 unspecified atom stereocenters. The number of fused-ring (bicyclic) bond motifs is 1. The largest absolute Gasteiger partial charge is 0.316 e. The number of aryl methyl sites for hydroxylation is 1. The van der Waals surface area contributed by atoms with Crippen LogP contribution in [0, 0.1) is 5.92 Å². The smallest absolute Gasteiger partial charge is 0.133 e. The Hall–Kier alpha value is -0.900. The predicted octanol–water partition coefficient (Wildman–Crippen LogP) is 0.766. The molecule has 0 bridgehead atoms. The molecule has 0 saturated carbocycles.